The van der Waals surface area contributed by atoms with Crippen molar-refractivity contribution in [1.29, 1.82) is 0 Å². The number of thioether (sulfide) groups is 1. The van der Waals surface area contributed by atoms with Gasteiger partial charge in [-0.25, -0.2) is 12.8 Å². The lowest BCUT2D eigenvalue weighted by Gasteiger charge is -2.24. The highest BCUT2D eigenvalue weighted by molar-refractivity contribution is 8.00. The van der Waals surface area contributed by atoms with Crippen molar-refractivity contribution in [2.45, 2.75) is 10.3 Å². The van der Waals surface area contributed by atoms with Crippen LogP contribution in [0.4, 0.5) is 15.8 Å². The van der Waals surface area contributed by atoms with Gasteiger partial charge in [0.2, 0.25) is 5.91 Å². The summed E-state index contributed by atoms with van der Waals surface area (Å²) in [5.41, 5.74) is 2.11. The number of para-hydroxylation sites is 1. The lowest BCUT2D eigenvalue weighted by atomic mass is 10.1. The first-order valence-electron chi connectivity index (χ1n) is 8.81. The summed E-state index contributed by atoms with van der Waals surface area (Å²) in [6.45, 7) is 0. The van der Waals surface area contributed by atoms with Crippen LogP contribution in [-0.2, 0) is 14.8 Å². The van der Waals surface area contributed by atoms with Crippen LogP contribution in [0.3, 0.4) is 0 Å². The van der Waals surface area contributed by atoms with Crippen LogP contribution in [0.1, 0.15) is 10.9 Å². The monoisotopic (exact) mass is 428 g/mol. The predicted molar refractivity (Wildman–Crippen MR) is 113 cm³/mol. The number of nitrogens with zero attached hydrogens (tertiary/aromatic N) is 1. The highest BCUT2D eigenvalue weighted by Crippen LogP contribution is 2.41. The molecule has 1 saturated heterocycles. The third-order valence-corrected chi connectivity index (χ3v) is 7.08. The summed E-state index contributed by atoms with van der Waals surface area (Å²) in [6.07, 6.45) is 0. The minimum absolute atomic E-state index is 0.0184. The molecule has 1 N–H and O–H groups in total. The zero-order valence-electron chi connectivity index (χ0n) is 15.2. The molecule has 1 unspecified atom stereocenters. The van der Waals surface area contributed by atoms with Gasteiger partial charge in [0.25, 0.3) is 10.0 Å². The van der Waals surface area contributed by atoms with Gasteiger partial charge in [0, 0.05) is 11.4 Å². The molecule has 8 heteroatoms. The minimum atomic E-state index is -3.81. The number of halogens is 1. The molecule has 1 aliphatic rings. The summed E-state index contributed by atoms with van der Waals surface area (Å²) in [6, 6.07) is 21.0. The van der Waals surface area contributed by atoms with E-state index < -0.39 is 15.8 Å². The summed E-state index contributed by atoms with van der Waals surface area (Å²) in [7, 11) is -3.81. The number of carbonyl (C=O) groups excluding carboxylic acids is 1. The van der Waals surface area contributed by atoms with Crippen LogP contribution in [0.25, 0.3) is 0 Å². The maximum Gasteiger partial charge on any atom is 0.261 e. The first-order chi connectivity index (χ1) is 13.9. The van der Waals surface area contributed by atoms with Crippen molar-refractivity contribution in [3.05, 3.63) is 90.2 Å². The van der Waals surface area contributed by atoms with E-state index in [-0.39, 0.29) is 16.2 Å². The third kappa shape index (κ3) is 4.13. The van der Waals surface area contributed by atoms with Crippen LogP contribution >= 0.6 is 11.8 Å². The Morgan fingerprint density at radius 1 is 0.931 bits per heavy atom. The standard InChI is InChI=1S/C21H17FN2O3S2/c22-16-8-12-19(13-9-16)29(26,27)23-17-10-6-15(7-11-17)21-24(20(25)14-28-21)18-4-2-1-3-5-18/h1-13,21,23H,14H2. The van der Waals surface area contributed by atoms with Crippen molar-refractivity contribution >= 4 is 39.1 Å². The molecule has 0 spiro atoms. The predicted octanol–water partition coefficient (Wildman–Crippen LogP) is 4.41. The van der Waals surface area contributed by atoms with E-state index in [9.17, 15) is 17.6 Å². The second kappa shape index (κ2) is 7.88. The minimum Gasteiger partial charge on any atom is -0.295 e. The van der Waals surface area contributed by atoms with E-state index in [4.69, 9.17) is 0 Å². The van der Waals surface area contributed by atoms with E-state index in [0.29, 0.717) is 11.4 Å². The summed E-state index contributed by atoms with van der Waals surface area (Å²) >= 11 is 1.53. The number of carbonyl (C=O) groups is 1. The number of amides is 1. The molecule has 1 heterocycles. The van der Waals surface area contributed by atoms with Crippen LogP contribution in [-0.4, -0.2) is 20.1 Å². The van der Waals surface area contributed by atoms with E-state index >= 15 is 0 Å². The van der Waals surface area contributed by atoms with Gasteiger partial charge < -0.3 is 0 Å². The molecule has 0 radical (unpaired) electrons. The summed E-state index contributed by atoms with van der Waals surface area (Å²) in [5.74, 6) is -0.0782. The largest absolute Gasteiger partial charge is 0.295 e. The number of hydrogen-bond donors (Lipinski definition) is 1. The van der Waals surface area contributed by atoms with Crippen molar-refractivity contribution in [1.82, 2.24) is 0 Å². The summed E-state index contributed by atoms with van der Waals surface area (Å²) in [5, 5.41) is -0.173. The van der Waals surface area contributed by atoms with Gasteiger partial charge in [-0.2, -0.15) is 0 Å². The van der Waals surface area contributed by atoms with Crippen molar-refractivity contribution in [2.75, 3.05) is 15.4 Å². The molecule has 29 heavy (non-hydrogen) atoms. The van der Waals surface area contributed by atoms with Crippen molar-refractivity contribution in [2.24, 2.45) is 0 Å². The fourth-order valence-electron chi connectivity index (χ4n) is 3.08. The molecule has 0 saturated carbocycles. The summed E-state index contributed by atoms with van der Waals surface area (Å²) < 4.78 is 40.4. The van der Waals surface area contributed by atoms with Crippen molar-refractivity contribution in [3.8, 4) is 0 Å². The van der Waals surface area contributed by atoms with E-state index in [2.05, 4.69) is 4.72 Å². The fourth-order valence-corrected chi connectivity index (χ4v) is 5.32. The Labute approximate surface area is 172 Å². The van der Waals surface area contributed by atoms with Crippen molar-refractivity contribution in [3.63, 3.8) is 0 Å². The number of anilines is 2. The quantitative estimate of drug-likeness (QED) is 0.654. The maximum absolute atomic E-state index is 13.0. The van der Waals surface area contributed by atoms with E-state index in [1.807, 2.05) is 30.3 Å². The van der Waals surface area contributed by atoms with Gasteiger partial charge in [0.1, 0.15) is 11.2 Å². The lowest BCUT2D eigenvalue weighted by molar-refractivity contribution is -0.115. The molecule has 5 nitrogen and oxygen atoms in total. The Morgan fingerprint density at radius 2 is 1.59 bits per heavy atom. The van der Waals surface area contributed by atoms with Crippen LogP contribution in [0.2, 0.25) is 0 Å². The van der Waals surface area contributed by atoms with Gasteiger partial charge >= 0.3 is 0 Å². The van der Waals surface area contributed by atoms with E-state index in [1.165, 1.54) is 23.9 Å². The average molecular weight is 429 g/mol. The first-order valence-corrected chi connectivity index (χ1v) is 11.3. The topological polar surface area (TPSA) is 66.5 Å². The zero-order chi connectivity index (χ0) is 20.4. The molecule has 3 aromatic rings. The summed E-state index contributed by atoms with van der Waals surface area (Å²) in [4.78, 5) is 14.1. The van der Waals surface area contributed by atoms with Crippen molar-refractivity contribution < 1.29 is 17.6 Å². The molecule has 148 valence electrons. The molecule has 1 atom stereocenters. The van der Waals surface area contributed by atoms with Gasteiger partial charge in [0.05, 0.1) is 10.6 Å². The average Bonchev–Trinajstić information content (AvgIpc) is 3.11. The zero-order valence-corrected chi connectivity index (χ0v) is 16.8. The van der Waals surface area contributed by atoms with Crippen LogP contribution < -0.4 is 9.62 Å². The number of sulfonamides is 1. The molecule has 0 bridgehead atoms. The van der Waals surface area contributed by atoms with Gasteiger partial charge in [0.15, 0.2) is 0 Å². The second-order valence-electron chi connectivity index (χ2n) is 6.44. The molecule has 0 aromatic heterocycles. The smallest absolute Gasteiger partial charge is 0.261 e. The second-order valence-corrected chi connectivity index (χ2v) is 9.20. The number of rotatable bonds is 5. The molecule has 4 rings (SSSR count). The lowest BCUT2D eigenvalue weighted by Crippen LogP contribution is -2.27. The molecular formula is C21H17FN2O3S2. The Balaban J connectivity index is 1.55. The van der Waals surface area contributed by atoms with Gasteiger partial charge in [-0.05, 0) is 54.1 Å². The normalized spacial score (nSPS) is 16.8. The van der Waals surface area contributed by atoms with Crippen LogP contribution in [0, 0.1) is 5.82 Å². The molecule has 3 aromatic carbocycles. The molecule has 0 aliphatic carbocycles. The number of benzene rings is 3. The van der Waals surface area contributed by atoms with E-state index in [1.54, 1.807) is 29.2 Å². The Morgan fingerprint density at radius 3 is 2.24 bits per heavy atom. The fraction of sp³-hybridized carbons (Fsp3) is 0.0952. The number of nitrogens with one attached hydrogen (secondary N) is 1. The van der Waals surface area contributed by atoms with E-state index in [0.717, 1.165) is 23.4 Å². The molecule has 1 amide bonds. The Kier molecular flexibility index (Phi) is 5.29. The maximum atomic E-state index is 13.0. The molecule has 1 fully saturated rings. The number of hydrogen-bond acceptors (Lipinski definition) is 4. The van der Waals surface area contributed by atoms with Gasteiger partial charge in [-0.3, -0.25) is 14.4 Å². The molecule has 1 aliphatic heterocycles. The van der Waals surface area contributed by atoms with Crippen LogP contribution in [0.5, 0.6) is 0 Å². The third-order valence-electron chi connectivity index (χ3n) is 4.47. The van der Waals surface area contributed by atoms with Crippen LogP contribution in [0.15, 0.2) is 83.8 Å². The van der Waals surface area contributed by atoms with Gasteiger partial charge in [-0.15, -0.1) is 11.8 Å². The Bertz CT molecular complexity index is 1120. The highest BCUT2D eigenvalue weighted by atomic mass is 32.2. The Hall–Kier alpha value is -2.84. The first kappa shape index (κ1) is 19.5. The SMILES string of the molecule is O=C1CSC(c2ccc(NS(=O)(=O)c3ccc(F)cc3)cc2)N1c1ccccc1. The highest BCUT2D eigenvalue weighted by Gasteiger charge is 2.33. The van der Waals surface area contributed by atoms with Gasteiger partial charge in [-0.1, -0.05) is 30.3 Å². The molecular weight excluding hydrogens is 411 g/mol.